The fraction of sp³-hybridized carbons (Fsp3) is 0.647. The molecule has 0 fully saturated rings. The number of rotatable bonds is 12. The first-order valence-electron chi connectivity index (χ1n) is 7.86. The van der Waals surface area contributed by atoms with Crippen molar-refractivity contribution in [3.05, 3.63) is 24.3 Å². The van der Waals surface area contributed by atoms with Crippen LogP contribution in [0.1, 0.15) is 26.7 Å². The van der Waals surface area contributed by atoms with Crippen molar-refractivity contribution in [3.63, 3.8) is 0 Å². The number of hydrogen-bond acceptors (Lipinski definition) is 4. The molecule has 21 heavy (non-hydrogen) atoms. The second kappa shape index (κ2) is 11.4. The summed E-state index contributed by atoms with van der Waals surface area (Å²) in [6.45, 7) is 8.24. The minimum absolute atomic E-state index is 0.626. The highest BCUT2D eigenvalue weighted by Gasteiger charge is 2.08. The van der Waals surface area contributed by atoms with Gasteiger partial charge < -0.3 is 19.5 Å². The second-order valence-electron chi connectivity index (χ2n) is 4.99. The van der Waals surface area contributed by atoms with Gasteiger partial charge in [0.05, 0.1) is 19.8 Å². The van der Waals surface area contributed by atoms with E-state index in [1.807, 2.05) is 31.2 Å². The maximum Gasteiger partial charge on any atom is 0.161 e. The number of hydrogen-bond donors (Lipinski definition) is 1. The van der Waals surface area contributed by atoms with Gasteiger partial charge in [0.2, 0.25) is 0 Å². The van der Waals surface area contributed by atoms with Crippen LogP contribution >= 0.6 is 0 Å². The van der Waals surface area contributed by atoms with Gasteiger partial charge >= 0.3 is 0 Å². The van der Waals surface area contributed by atoms with Crippen LogP contribution in [0.5, 0.6) is 11.5 Å². The fourth-order valence-electron chi connectivity index (χ4n) is 2.11. The molecule has 1 aromatic rings. The van der Waals surface area contributed by atoms with Gasteiger partial charge in [0.15, 0.2) is 11.5 Å². The maximum absolute atomic E-state index is 5.87. The lowest BCUT2D eigenvalue weighted by atomic mass is 10.0. The Morgan fingerprint density at radius 1 is 1.05 bits per heavy atom. The Morgan fingerprint density at radius 3 is 2.38 bits per heavy atom. The minimum Gasteiger partial charge on any atom is -0.490 e. The summed E-state index contributed by atoms with van der Waals surface area (Å²) in [6.07, 6.45) is 2.19. The lowest BCUT2D eigenvalue weighted by Crippen LogP contribution is -2.26. The molecule has 0 heterocycles. The van der Waals surface area contributed by atoms with Crippen molar-refractivity contribution in [2.24, 2.45) is 5.92 Å². The summed E-state index contributed by atoms with van der Waals surface area (Å²) in [5.41, 5.74) is 0. The van der Waals surface area contributed by atoms with E-state index in [2.05, 4.69) is 12.2 Å². The molecule has 1 N–H and O–H groups in total. The van der Waals surface area contributed by atoms with Crippen molar-refractivity contribution in [1.82, 2.24) is 5.32 Å². The average Bonchev–Trinajstić information content (AvgIpc) is 2.51. The van der Waals surface area contributed by atoms with E-state index in [0.717, 1.165) is 44.0 Å². The first-order valence-corrected chi connectivity index (χ1v) is 7.86. The summed E-state index contributed by atoms with van der Waals surface area (Å²) < 4.78 is 16.5. The summed E-state index contributed by atoms with van der Waals surface area (Å²) in [4.78, 5) is 0. The molecule has 120 valence electrons. The highest BCUT2D eigenvalue weighted by molar-refractivity contribution is 5.39. The van der Waals surface area contributed by atoms with E-state index in [1.165, 1.54) is 0 Å². The largest absolute Gasteiger partial charge is 0.490 e. The molecule has 4 heteroatoms. The van der Waals surface area contributed by atoms with Gasteiger partial charge in [0, 0.05) is 13.7 Å². The van der Waals surface area contributed by atoms with Gasteiger partial charge in [-0.2, -0.15) is 0 Å². The van der Waals surface area contributed by atoms with Gasteiger partial charge in [-0.3, -0.25) is 0 Å². The van der Waals surface area contributed by atoms with Gasteiger partial charge in [-0.15, -0.1) is 0 Å². The van der Waals surface area contributed by atoms with Gasteiger partial charge in [-0.1, -0.05) is 25.5 Å². The third kappa shape index (κ3) is 7.34. The Morgan fingerprint density at radius 2 is 1.76 bits per heavy atom. The molecule has 0 aliphatic carbocycles. The first kappa shape index (κ1) is 17.8. The molecule has 0 aliphatic rings. The normalized spacial score (nSPS) is 12.1. The Labute approximate surface area is 128 Å². The second-order valence-corrected chi connectivity index (χ2v) is 4.99. The van der Waals surface area contributed by atoms with Crippen molar-refractivity contribution < 1.29 is 14.2 Å². The van der Waals surface area contributed by atoms with Crippen molar-refractivity contribution in [2.45, 2.75) is 26.7 Å². The Hall–Kier alpha value is -1.26. The summed E-state index contributed by atoms with van der Waals surface area (Å²) in [7, 11) is 1.72. The quantitative estimate of drug-likeness (QED) is 0.601. The van der Waals surface area contributed by atoms with E-state index in [4.69, 9.17) is 14.2 Å². The molecule has 0 bridgehead atoms. The summed E-state index contributed by atoms with van der Waals surface area (Å²) in [5.74, 6) is 2.29. The Balaban J connectivity index is 2.30. The van der Waals surface area contributed by atoms with Crippen LogP contribution < -0.4 is 14.8 Å². The van der Waals surface area contributed by atoms with Crippen LogP contribution in [-0.4, -0.2) is 40.0 Å². The molecule has 1 unspecified atom stereocenters. The van der Waals surface area contributed by atoms with Crippen LogP contribution in [0, 0.1) is 5.92 Å². The number of ether oxygens (including phenoxy) is 3. The monoisotopic (exact) mass is 295 g/mol. The van der Waals surface area contributed by atoms with Crippen molar-refractivity contribution in [2.75, 3.05) is 40.0 Å². The summed E-state index contributed by atoms with van der Waals surface area (Å²) >= 11 is 0. The number of nitrogens with one attached hydrogen (secondary N) is 1. The molecule has 1 aromatic carbocycles. The van der Waals surface area contributed by atoms with Crippen LogP contribution in [0.2, 0.25) is 0 Å². The standard InChI is InChI=1S/C17H29NO3/c1-4-15(14-18-11-13-19-3)10-12-21-17-9-7-6-8-16(17)20-5-2/h6-9,15,18H,4-5,10-14H2,1-3H3. The molecule has 0 saturated carbocycles. The topological polar surface area (TPSA) is 39.7 Å². The van der Waals surface area contributed by atoms with E-state index in [1.54, 1.807) is 7.11 Å². The van der Waals surface area contributed by atoms with E-state index in [9.17, 15) is 0 Å². The Kier molecular flexibility index (Phi) is 9.66. The lowest BCUT2D eigenvalue weighted by Gasteiger charge is -2.17. The zero-order valence-electron chi connectivity index (χ0n) is 13.6. The first-order chi connectivity index (χ1) is 10.3. The average molecular weight is 295 g/mol. The molecule has 4 nitrogen and oxygen atoms in total. The molecular formula is C17H29NO3. The highest BCUT2D eigenvalue weighted by Crippen LogP contribution is 2.26. The molecule has 0 spiro atoms. The Bertz CT molecular complexity index is 371. The zero-order valence-corrected chi connectivity index (χ0v) is 13.6. The van der Waals surface area contributed by atoms with Crippen LogP contribution in [0.4, 0.5) is 0 Å². The van der Waals surface area contributed by atoms with Crippen LogP contribution in [0.3, 0.4) is 0 Å². The fourth-order valence-corrected chi connectivity index (χ4v) is 2.11. The molecular weight excluding hydrogens is 266 g/mol. The zero-order chi connectivity index (χ0) is 15.3. The lowest BCUT2D eigenvalue weighted by molar-refractivity contribution is 0.195. The summed E-state index contributed by atoms with van der Waals surface area (Å²) in [5, 5.41) is 3.41. The molecule has 0 radical (unpaired) electrons. The molecule has 1 rings (SSSR count). The van der Waals surface area contributed by atoms with Gasteiger partial charge in [0.1, 0.15) is 0 Å². The van der Waals surface area contributed by atoms with Crippen molar-refractivity contribution >= 4 is 0 Å². The third-order valence-electron chi connectivity index (χ3n) is 3.43. The summed E-state index contributed by atoms with van der Waals surface area (Å²) in [6, 6.07) is 7.85. The van der Waals surface area contributed by atoms with Crippen LogP contribution in [-0.2, 0) is 4.74 Å². The maximum atomic E-state index is 5.87. The molecule has 0 amide bonds. The number of methoxy groups -OCH3 is 1. The highest BCUT2D eigenvalue weighted by atomic mass is 16.5. The molecule has 1 atom stereocenters. The molecule has 0 aliphatic heterocycles. The van der Waals surface area contributed by atoms with E-state index < -0.39 is 0 Å². The van der Waals surface area contributed by atoms with Crippen molar-refractivity contribution in [3.8, 4) is 11.5 Å². The van der Waals surface area contributed by atoms with Gasteiger partial charge in [-0.25, -0.2) is 0 Å². The predicted octanol–water partition coefficient (Wildman–Crippen LogP) is 3.12. The minimum atomic E-state index is 0.626. The third-order valence-corrected chi connectivity index (χ3v) is 3.43. The predicted molar refractivity (Wildman–Crippen MR) is 86.2 cm³/mol. The smallest absolute Gasteiger partial charge is 0.161 e. The van der Waals surface area contributed by atoms with Crippen LogP contribution in [0.15, 0.2) is 24.3 Å². The van der Waals surface area contributed by atoms with E-state index in [-0.39, 0.29) is 0 Å². The van der Waals surface area contributed by atoms with E-state index in [0.29, 0.717) is 19.1 Å². The molecule has 0 saturated heterocycles. The number of para-hydroxylation sites is 2. The number of benzene rings is 1. The van der Waals surface area contributed by atoms with E-state index >= 15 is 0 Å². The molecule has 0 aromatic heterocycles. The van der Waals surface area contributed by atoms with Crippen molar-refractivity contribution in [1.29, 1.82) is 0 Å². The van der Waals surface area contributed by atoms with Gasteiger partial charge in [0.25, 0.3) is 0 Å². The van der Waals surface area contributed by atoms with Gasteiger partial charge in [-0.05, 0) is 37.9 Å². The SMILES string of the molecule is CCOc1ccccc1OCCC(CC)CNCCOC. The van der Waals surface area contributed by atoms with Crippen LogP contribution in [0.25, 0.3) is 0 Å².